The molecule has 1 aliphatic heterocycles. The second-order valence-corrected chi connectivity index (χ2v) is 9.27. The Labute approximate surface area is 131 Å². The fourth-order valence-corrected chi connectivity index (χ4v) is 5.87. The molecule has 1 aliphatic carbocycles. The lowest BCUT2D eigenvalue weighted by atomic mass is 9.94. The minimum absolute atomic E-state index is 0.0942. The van der Waals surface area contributed by atoms with Gasteiger partial charge in [-0.15, -0.1) is 11.3 Å². The van der Waals surface area contributed by atoms with E-state index in [0.717, 1.165) is 24.3 Å². The lowest BCUT2D eigenvalue weighted by Crippen LogP contribution is -2.45. The second-order valence-electron chi connectivity index (χ2n) is 6.38. The Morgan fingerprint density at radius 3 is 2.81 bits per heavy atom. The zero-order chi connectivity index (χ0) is 15.0. The van der Waals surface area contributed by atoms with Crippen LogP contribution in [0.2, 0.25) is 0 Å². The SMILES string of the molecule is CC1CCCN(S(=O)(=O)c2csc(CNC3CC3)c2)C1C. The van der Waals surface area contributed by atoms with Gasteiger partial charge in [-0.1, -0.05) is 6.92 Å². The molecule has 2 heterocycles. The van der Waals surface area contributed by atoms with Crippen molar-refractivity contribution in [2.24, 2.45) is 5.92 Å². The molecule has 2 aliphatic rings. The number of piperidine rings is 1. The molecule has 0 aromatic carbocycles. The largest absolute Gasteiger partial charge is 0.309 e. The molecule has 118 valence electrons. The van der Waals surface area contributed by atoms with Gasteiger partial charge in [0.05, 0.1) is 4.90 Å². The highest BCUT2D eigenvalue weighted by molar-refractivity contribution is 7.89. The summed E-state index contributed by atoms with van der Waals surface area (Å²) in [5, 5.41) is 5.23. The van der Waals surface area contributed by atoms with Gasteiger partial charge in [0.2, 0.25) is 10.0 Å². The van der Waals surface area contributed by atoms with Crippen LogP contribution in [0.3, 0.4) is 0 Å². The predicted octanol–water partition coefficient (Wildman–Crippen LogP) is 2.81. The molecular weight excluding hydrogens is 304 g/mol. The summed E-state index contributed by atoms with van der Waals surface area (Å²) in [7, 11) is -3.33. The van der Waals surface area contributed by atoms with Gasteiger partial charge in [0, 0.05) is 35.4 Å². The molecule has 0 bridgehead atoms. The summed E-state index contributed by atoms with van der Waals surface area (Å²) >= 11 is 1.54. The molecule has 1 N–H and O–H groups in total. The van der Waals surface area contributed by atoms with Gasteiger partial charge >= 0.3 is 0 Å². The Bertz CT molecular complexity index is 593. The summed E-state index contributed by atoms with van der Waals surface area (Å²) in [6.07, 6.45) is 4.58. The van der Waals surface area contributed by atoms with Gasteiger partial charge in [0.25, 0.3) is 0 Å². The van der Waals surface area contributed by atoms with Gasteiger partial charge < -0.3 is 5.32 Å². The quantitative estimate of drug-likeness (QED) is 0.904. The lowest BCUT2D eigenvalue weighted by molar-refractivity contribution is 0.202. The van der Waals surface area contributed by atoms with Crippen LogP contribution in [0.1, 0.15) is 44.4 Å². The summed E-state index contributed by atoms with van der Waals surface area (Å²) in [6, 6.07) is 2.59. The highest BCUT2D eigenvalue weighted by atomic mass is 32.2. The summed E-state index contributed by atoms with van der Waals surface area (Å²) in [4.78, 5) is 1.58. The monoisotopic (exact) mass is 328 g/mol. The Balaban J connectivity index is 1.74. The van der Waals surface area contributed by atoms with Crippen molar-refractivity contribution >= 4 is 21.4 Å². The molecule has 2 fully saturated rings. The summed E-state index contributed by atoms with van der Waals surface area (Å²) in [6.45, 7) is 5.62. The van der Waals surface area contributed by atoms with Gasteiger partial charge in [-0.3, -0.25) is 0 Å². The predicted molar refractivity (Wildman–Crippen MR) is 85.9 cm³/mol. The van der Waals surface area contributed by atoms with Gasteiger partial charge in [0.1, 0.15) is 0 Å². The van der Waals surface area contributed by atoms with E-state index >= 15 is 0 Å². The normalized spacial score (nSPS) is 27.9. The van der Waals surface area contributed by atoms with Crippen LogP contribution in [-0.4, -0.2) is 31.4 Å². The minimum Gasteiger partial charge on any atom is -0.309 e. The number of hydrogen-bond donors (Lipinski definition) is 1. The smallest absolute Gasteiger partial charge is 0.244 e. The van der Waals surface area contributed by atoms with E-state index in [1.807, 2.05) is 13.0 Å². The van der Waals surface area contributed by atoms with E-state index in [1.54, 1.807) is 21.0 Å². The van der Waals surface area contributed by atoms with Crippen molar-refractivity contribution in [2.75, 3.05) is 6.54 Å². The van der Waals surface area contributed by atoms with Crippen LogP contribution in [0, 0.1) is 5.92 Å². The van der Waals surface area contributed by atoms with Crippen LogP contribution >= 0.6 is 11.3 Å². The van der Waals surface area contributed by atoms with Crippen molar-refractivity contribution in [3.63, 3.8) is 0 Å². The van der Waals surface area contributed by atoms with E-state index in [2.05, 4.69) is 12.2 Å². The first-order chi connectivity index (χ1) is 9.98. The van der Waals surface area contributed by atoms with Gasteiger partial charge in [-0.2, -0.15) is 4.31 Å². The van der Waals surface area contributed by atoms with Crippen molar-refractivity contribution in [3.05, 3.63) is 16.3 Å². The van der Waals surface area contributed by atoms with Crippen LogP contribution in [0.15, 0.2) is 16.3 Å². The Morgan fingerprint density at radius 1 is 1.33 bits per heavy atom. The molecule has 0 amide bonds. The molecule has 0 radical (unpaired) electrons. The molecule has 21 heavy (non-hydrogen) atoms. The third kappa shape index (κ3) is 3.33. The maximum atomic E-state index is 12.8. The molecule has 1 saturated heterocycles. The Hall–Kier alpha value is -0.430. The van der Waals surface area contributed by atoms with Crippen LogP contribution in [0.25, 0.3) is 0 Å². The average molecular weight is 329 g/mol. The number of thiophene rings is 1. The summed E-state index contributed by atoms with van der Waals surface area (Å²) in [5.41, 5.74) is 0. The van der Waals surface area contributed by atoms with E-state index in [-0.39, 0.29) is 6.04 Å². The van der Waals surface area contributed by atoms with Crippen molar-refractivity contribution < 1.29 is 8.42 Å². The molecule has 0 spiro atoms. The first kappa shape index (κ1) is 15.5. The number of sulfonamides is 1. The molecule has 1 saturated carbocycles. The second kappa shape index (κ2) is 5.99. The number of hydrogen-bond acceptors (Lipinski definition) is 4. The molecule has 1 aromatic rings. The van der Waals surface area contributed by atoms with E-state index in [1.165, 1.54) is 12.8 Å². The molecular formula is C15H24N2O2S2. The zero-order valence-corrected chi connectivity index (χ0v) is 14.3. The molecule has 2 atom stereocenters. The molecule has 3 rings (SSSR count). The maximum absolute atomic E-state index is 12.8. The van der Waals surface area contributed by atoms with Crippen LogP contribution in [0.4, 0.5) is 0 Å². The molecule has 2 unspecified atom stereocenters. The highest BCUT2D eigenvalue weighted by Gasteiger charge is 2.35. The third-order valence-corrected chi connectivity index (χ3v) is 7.74. The number of nitrogens with one attached hydrogen (secondary N) is 1. The molecule has 6 heteroatoms. The van der Waals surface area contributed by atoms with Gasteiger partial charge in [0.15, 0.2) is 0 Å². The Morgan fingerprint density at radius 2 is 2.10 bits per heavy atom. The average Bonchev–Trinajstić information content (AvgIpc) is 3.15. The first-order valence-corrected chi connectivity index (χ1v) is 10.1. The van der Waals surface area contributed by atoms with Crippen molar-refractivity contribution in [1.29, 1.82) is 0 Å². The minimum atomic E-state index is -3.33. The number of rotatable bonds is 5. The molecule has 1 aromatic heterocycles. The van der Waals surface area contributed by atoms with Crippen molar-refractivity contribution in [3.8, 4) is 0 Å². The van der Waals surface area contributed by atoms with E-state index < -0.39 is 10.0 Å². The topological polar surface area (TPSA) is 49.4 Å². The highest BCUT2D eigenvalue weighted by Crippen LogP contribution is 2.31. The Kier molecular flexibility index (Phi) is 4.41. The molecule has 4 nitrogen and oxygen atoms in total. The number of nitrogens with zero attached hydrogens (tertiary/aromatic N) is 1. The van der Waals surface area contributed by atoms with E-state index in [0.29, 0.717) is 23.4 Å². The first-order valence-electron chi connectivity index (χ1n) is 7.81. The zero-order valence-electron chi connectivity index (χ0n) is 12.7. The van der Waals surface area contributed by atoms with Gasteiger partial charge in [-0.25, -0.2) is 8.42 Å². The maximum Gasteiger partial charge on any atom is 0.244 e. The van der Waals surface area contributed by atoms with Gasteiger partial charge in [-0.05, 0) is 44.6 Å². The fraction of sp³-hybridized carbons (Fsp3) is 0.733. The standard InChI is InChI=1S/C15H24N2O2S2/c1-11-4-3-7-17(12(11)2)21(18,19)15-8-14(20-10-15)9-16-13-5-6-13/h8,10-13,16H,3-7,9H2,1-2H3. The van der Waals surface area contributed by atoms with Crippen molar-refractivity contribution in [1.82, 2.24) is 9.62 Å². The van der Waals surface area contributed by atoms with Crippen LogP contribution < -0.4 is 5.32 Å². The van der Waals surface area contributed by atoms with Crippen LogP contribution in [-0.2, 0) is 16.6 Å². The third-order valence-electron chi connectivity index (χ3n) is 4.69. The van der Waals surface area contributed by atoms with E-state index in [9.17, 15) is 8.42 Å². The van der Waals surface area contributed by atoms with Crippen molar-refractivity contribution in [2.45, 2.75) is 63.1 Å². The van der Waals surface area contributed by atoms with E-state index in [4.69, 9.17) is 0 Å². The lowest BCUT2D eigenvalue weighted by Gasteiger charge is -2.36. The summed E-state index contributed by atoms with van der Waals surface area (Å²) in [5.74, 6) is 0.433. The van der Waals surface area contributed by atoms with Crippen LogP contribution in [0.5, 0.6) is 0 Å². The fourth-order valence-electron chi connectivity index (χ4n) is 2.89. The summed E-state index contributed by atoms with van der Waals surface area (Å²) < 4.78 is 27.3.